The number of aryl methyl sites for hydroxylation is 3. The van der Waals surface area contributed by atoms with E-state index in [2.05, 4.69) is 10.3 Å². The van der Waals surface area contributed by atoms with Gasteiger partial charge < -0.3 is 10.2 Å². The normalized spacial score (nSPS) is 19.8. The zero-order valence-electron chi connectivity index (χ0n) is 14.2. The van der Waals surface area contributed by atoms with Gasteiger partial charge in [0.25, 0.3) is 0 Å². The molecule has 25 heavy (non-hydrogen) atoms. The highest BCUT2D eigenvalue weighted by Gasteiger charge is 2.35. The average Bonchev–Trinajstić information content (AvgIpc) is 3.18. The van der Waals surface area contributed by atoms with Crippen molar-refractivity contribution in [2.45, 2.75) is 39.0 Å². The lowest BCUT2D eigenvalue weighted by Gasteiger charge is -2.16. The van der Waals surface area contributed by atoms with Gasteiger partial charge in [-0.3, -0.25) is 9.59 Å². The van der Waals surface area contributed by atoms with Crippen LogP contribution >= 0.6 is 11.3 Å². The molecule has 0 spiro atoms. The molecule has 1 aliphatic carbocycles. The standard InChI is InChI=1S/C19H21N3O2S/c1-12-6-8-14(9-7-12)22-11-13(10-17(22)23)18(24)21-19-20-15-4-2-3-5-16(15)25-19/h6-9,13H,2-5,10-11H2,1H3,(H,20,21,24). The Balaban J connectivity index is 1.43. The molecule has 5 nitrogen and oxygen atoms in total. The number of fused-ring (bicyclic) bond motifs is 1. The Morgan fingerprint density at radius 2 is 2.00 bits per heavy atom. The van der Waals surface area contributed by atoms with Crippen molar-refractivity contribution in [1.82, 2.24) is 4.98 Å². The van der Waals surface area contributed by atoms with Crippen molar-refractivity contribution in [3.8, 4) is 0 Å². The number of rotatable bonds is 3. The number of carbonyl (C=O) groups is 2. The van der Waals surface area contributed by atoms with Gasteiger partial charge in [0.05, 0.1) is 11.6 Å². The Kier molecular flexibility index (Phi) is 4.29. The number of hydrogen-bond acceptors (Lipinski definition) is 4. The highest BCUT2D eigenvalue weighted by molar-refractivity contribution is 7.15. The van der Waals surface area contributed by atoms with E-state index in [0.717, 1.165) is 29.8 Å². The molecule has 1 aromatic carbocycles. The zero-order chi connectivity index (χ0) is 17.4. The van der Waals surface area contributed by atoms with Crippen LogP contribution in [0.1, 0.15) is 35.4 Å². The highest BCUT2D eigenvalue weighted by Crippen LogP contribution is 2.31. The monoisotopic (exact) mass is 355 g/mol. The van der Waals surface area contributed by atoms with E-state index in [1.165, 1.54) is 17.7 Å². The van der Waals surface area contributed by atoms with Crippen LogP contribution in [0.25, 0.3) is 0 Å². The number of hydrogen-bond donors (Lipinski definition) is 1. The number of carbonyl (C=O) groups excluding carboxylic acids is 2. The first-order chi connectivity index (χ1) is 12.1. The van der Waals surface area contributed by atoms with Crippen molar-refractivity contribution in [2.75, 3.05) is 16.8 Å². The Morgan fingerprint density at radius 3 is 2.76 bits per heavy atom. The number of thiazole rings is 1. The van der Waals surface area contributed by atoms with Crippen LogP contribution in [-0.4, -0.2) is 23.3 Å². The van der Waals surface area contributed by atoms with Crippen molar-refractivity contribution in [1.29, 1.82) is 0 Å². The minimum absolute atomic E-state index is 0.00226. The molecule has 2 aromatic rings. The van der Waals surface area contributed by atoms with E-state index in [-0.39, 0.29) is 24.2 Å². The molecule has 1 aromatic heterocycles. The third kappa shape index (κ3) is 3.31. The average molecular weight is 355 g/mol. The predicted octanol–water partition coefficient (Wildman–Crippen LogP) is 3.32. The van der Waals surface area contributed by atoms with Crippen molar-refractivity contribution in [3.63, 3.8) is 0 Å². The first-order valence-corrected chi connectivity index (χ1v) is 9.58. The van der Waals surface area contributed by atoms with Crippen LogP contribution in [0.4, 0.5) is 10.8 Å². The Hall–Kier alpha value is -2.21. The zero-order valence-corrected chi connectivity index (χ0v) is 15.1. The fourth-order valence-electron chi connectivity index (χ4n) is 3.47. The number of nitrogens with one attached hydrogen (secondary N) is 1. The number of aromatic nitrogens is 1. The summed E-state index contributed by atoms with van der Waals surface area (Å²) in [7, 11) is 0. The van der Waals surface area contributed by atoms with Gasteiger partial charge in [-0.1, -0.05) is 17.7 Å². The molecule has 0 bridgehead atoms. The van der Waals surface area contributed by atoms with Crippen LogP contribution < -0.4 is 10.2 Å². The van der Waals surface area contributed by atoms with Crippen LogP contribution in [0.3, 0.4) is 0 Å². The maximum Gasteiger partial charge on any atom is 0.231 e. The Bertz CT molecular complexity index is 789. The topological polar surface area (TPSA) is 62.3 Å². The van der Waals surface area contributed by atoms with Crippen molar-refractivity contribution in [3.05, 3.63) is 40.4 Å². The Labute approximate surface area is 151 Å². The molecule has 130 valence electrons. The van der Waals surface area contributed by atoms with Gasteiger partial charge in [-0.15, -0.1) is 11.3 Å². The first kappa shape index (κ1) is 16.3. The van der Waals surface area contributed by atoms with Gasteiger partial charge in [-0.2, -0.15) is 0 Å². The predicted molar refractivity (Wildman–Crippen MR) is 99.0 cm³/mol. The summed E-state index contributed by atoms with van der Waals surface area (Å²) >= 11 is 1.58. The van der Waals surface area contributed by atoms with Crippen molar-refractivity contribution >= 4 is 34.0 Å². The summed E-state index contributed by atoms with van der Waals surface area (Å²) in [5.74, 6) is -0.425. The minimum atomic E-state index is -0.324. The molecule has 1 unspecified atom stereocenters. The lowest BCUT2D eigenvalue weighted by molar-refractivity contribution is -0.122. The van der Waals surface area contributed by atoms with Gasteiger partial charge in [0.1, 0.15) is 0 Å². The SMILES string of the molecule is Cc1ccc(N2CC(C(=O)Nc3nc4c(s3)CCCC4)CC2=O)cc1. The smallest absolute Gasteiger partial charge is 0.231 e. The van der Waals surface area contributed by atoms with E-state index >= 15 is 0 Å². The molecule has 0 saturated carbocycles. The van der Waals surface area contributed by atoms with E-state index in [1.54, 1.807) is 16.2 Å². The summed E-state index contributed by atoms with van der Waals surface area (Å²) in [6, 6.07) is 7.83. The fourth-order valence-corrected chi connectivity index (χ4v) is 4.52. The molecule has 0 radical (unpaired) electrons. The van der Waals surface area contributed by atoms with E-state index in [1.807, 2.05) is 31.2 Å². The van der Waals surface area contributed by atoms with Crippen LogP contribution in [0.5, 0.6) is 0 Å². The minimum Gasteiger partial charge on any atom is -0.312 e. The molecule has 1 atom stereocenters. The van der Waals surface area contributed by atoms with Gasteiger partial charge in [0.15, 0.2) is 5.13 Å². The van der Waals surface area contributed by atoms with E-state index in [9.17, 15) is 9.59 Å². The van der Waals surface area contributed by atoms with Gasteiger partial charge in [-0.25, -0.2) is 4.98 Å². The molecular formula is C19H21N3O2S. The number of anilines is 2. The maximum absolute atomic E-state index is 12.6. The summed E-state index contributed by atoms with van der Waals surface area (Å²) in [6.07, 6.45) is 4.69. The quantitative estimate of drug-likeness (QED) is 0.919. The summed E-state index contributed by atoms with van der Waals surface area (Å²) in [4.78, 5) is 32.5. The van der Waals surface area contributed by atoms with Gasteiger partial charge in [0, 0.05) is 23.5 Å². The molecule has 6 heteroatoms. The third-order valence-corrected chi connectivity index (χ3v) is 5.99. The fraction of sp³-hybridized carbons (Fsp3) is 0.421. The van der Waals surface area contributed by atoms with Crippen LogP contribution in [0, 0.1) is 12.8 Å². The van der Waals surface area contributed by atoms with E-state index < -0.39 is 0 Å². The van der Waals surface area contributed by atoms with Crippen LogP contribution in [0.2, 0.25) is 0 Å². The molecule has 1 N–H and O–H groups in total. The van der Waals surface area contributed by atoms with Crippen LogP contribution in [0.15, 0.2) is 24.3 Å². The second-order valence-electron chi connectivity index (χ2n) is 6.83. The molecule has 1 aliphatic heterocycles. The molecular weight excluding hydrogens is 334 g/mol. The number of benzene rings is 1. The Morgan fingerprint density at radius 1 is 1.24 bits per heavy atom. The maximum atomic E-state index is 12.6. The van der Waals surface area contributed by atoms with Gasteiger partial charge in [-0.05, 0) is 44.7 Å². The van der Waals surface area contributed by atoms with Crippen LogP contribution in [-0.2, 0) is 22.4 Å². The molecule has 2 heterocycles. The summed E-state index contributed by atoms with van der Waals surface area (Å²) in [5.41, 5.74) is 3.14. The lowest BCUT2D eigenvalue weighted by Crippen LogP contribution is -2.28. The molecule has 1 saturated heterocycles. The van der Waals surface area contributed by atoms with Crippen molar-refractivity contribution < 1.29 is 9.59 Å². The molecule has 2 amide bonds. The second kappa shape index (κ2) is 6.59. The number of amides is 2. The lowest BCUT2D eigenvalue weighted by atomic mass is 10.0. The van der Waals surface area contributed by atoms with Gasteiger partial charge in [0.2, 0.25) is 11.8 Å². The van der Waals surface area contributed by atoms with E-state index in [4.69, 9.17) is 0 Å². The third-order valence-electron chi connectivity index (χ3n) is 4.92. The summed E-state index contributed by atoms with van der Waals surface area (Å²) in [5, 5.41) is 3.61. The van der Waals surface area contributed by atoms with E-state index in [0.29, 0.717) is 11.7 Å². The number of nitrogens with zero attached hydrogens (tertiary/aromatic N) is 2. The summed E-state index contributed by atoms with van der Waals surface area (Å²) < 4.78 is 0. The largest absolute Gasteiger partial charge is 0.312 e. The molecule has 1 fully saturated rings. The first-order valence-electron chi connectivity index (χ1n) is 8.76. The molecule has 2 aliphatic rings. The summed E-state index contributed by atoms with van der Waals surface area (Å²) in [6.45, 7) is 2.44. The van der Waals surface area contributed by atoms with Crippen molar-refractivity contribution in [2.24, 2.45) is 5.92 Å². The second-order valence-corrected chi connectivity index (χ2v) is 7.91. The molecule has 4 rings (SSSR count). The van der Waals surface area contributed by atoms with Gasteiger partial charge >= 0.3 is 0 Å². The highest BCUT2D eigenvalue weighted by atomic mass is 32.1.